The largest absolute Gasteiger partial charge is 0.501 e. The van der Waals surface area contributed by atoms with E-state index < -0.39 is 31.2 Å². The van der Waals surface area contributed by atoms with Gasteiger partial charge < -0.3 is 18.8 Å². The molecule has 0 aliphatic carbocycles. The van der Waals surface area contributed by atoms with Crippen molar-refractivity contribution >= 4 is 12.6 Å². The highest BCUT2D eigenvalue weighted by molar-refractivity contribution is 6.63. The Morgan fingerprint density at radius 1 is 1.08 bits per heavy atom. The maximum atomic E-state index is 15.1. The first-order chi connectivity index (χ1) is 13.4. The zero-order valence-corrected chi connectivity index (χ0v) is 15.3. The highest BCUT2D eigenvalue weighted by Crippen LogP contribution is 2.38. The number of halogens is 1. The summed E-state index contributed by atoms with van der Waals surface area (Å²) >= 11 is 0. The molecule has 1 fully saturated rings. The summed E-state index contributed by atoms with van der Waals surface area (Å²) in [5, 5.41) is 0. The van der Waals surface area contributed by atoms with Crippen LogP contribution in [0.5, 0.6) is 11.5 Å². The Labute approximate surface area is 158 Å². The minimum absolute atomic E-state index is 0.0671. The number of hydrogen-bond donors (Lipinski definition) is 0. The van der Waals surface area contributed by atoms with E-state index in [1.807, 2.05) is 58.0 Å². The number of rotatable bonds is 5. The van der Waals surface area contributed by atoms with Gasteiger partial charge in [0, 0.05) is 12.1 Å². The summed E-state index contributed by atoms with van der Waals surface area (Å²) in [5.41, 5.74) is -0.407. The molecule has 0 atom stereocenters. The van der Waals surface area contributed by atoms with Crippen molar-refractivity contribution < 1.29 is 27.3 Å². The molecule has 0 bridgehead atoms. The van der Waals surface area contributed by atoms with Gasteiger partial charge in [0.05, 0.1) is 27.8 Å². The van der Waals surface area contributed by atoms with Crippen molar-refractivity contribution in [2.75, 3.05) is 7.04 Å². The maximum absolute atomic E-state index is 15.1. The van der Waals surface area contributed by atoms with Crippen LogP contribution in [-0.4, -0.2) is 25.4 Å². The highest BCUT2D eigenvalue weighted by atomic mass is 19.1. The van der Waals surface area contributed by atoms with Crippen molar-refractivity contribution in [2.45, 2.75) is 45.5 Å². The first-order valence-corrected chi connectivity index (χ1v) is 8.43. The van der Waals surface area contributed by atoms with E-state index in [1.165, 1.54) is 6.07 Å². The maximum Gasteiger partial charge on any atom is 0.501 e. The SMILES string of the molecule is [2H]C([2H])([2H])Oc1cc(F)c(B2OC(C)(C)C(C)(C)O2)c(OCc2ccccc2)c1. The number of methoxy groups -OCH3 is 1. The normalized spacial score (nSPS) is 20.2. The minimum Gasteiger partial charge on any atom is -0.497 e. The molecule has 0 N–H and O–H groups in total. The molecule has 4 nitrogen and oxygen atoms in total. The Morgan fingerprint density at radius 2 is 1.73 bits per heavy atom. The molecule has 0 amide bonds. The molecule has 1 saturated heterocycles. The van der Waals surface area contributed by atoms with E-state index in [4.69, 9.17) is 22.9 Å². The lowest BCUT2D eigenvalue weighted by molar-refractivity contribution is 0.00578. The van der Waals surface area contributed by atoms with Crippen molar-refractivity contribution in [1.82, 2.24) is 0 Å². The Kier molecular flexibility index (Phi) is 4.01. The molecule has 2 aromatic rings. The van der Waals surface area contributed by atoms with E-state index in [-0.39, 0.29) is 23.6 Å². The monoisotopic (exact) mass is 361 g/mol. The van der Waals surface area contributed by atoms with Crippen molar-refractivity contribution in [2.24, 2.45) is 0 Å². The van der Waals surface area contributed by atoms with E-state index in [9.17, 15) is 0 Å². The third-order valence-corrected chi connectivity index (χ3v) is 4.91. The second-order valence-electron chi connectivity index (χ2n) is 7.28. The second kappa shape index (κ2) is 6.93. The lowest BCUT2D eigenvalue weighted by Crippen LogP contribution is -2.41. The summed E-state index contributed by atoms with van der Waals surface area (Å²) in [6, 6.07) is 11.7. The molecule has 1 aliphatic rings. The number of hydrogen-bond acceptors (Lipinski definition) is 4. The fraction of sp³-hybridized carbons (Fsp3) is 0.400. The quantitative estimate of drug-likeness (QED) is 0.761. The van der Waals surface area contributed by atoms with Crippen LogP contribution < -0.4 is 14.9 Å². The summed E-state index contributed by atoms with van der Waals surface area (Å²) in [6.07, 6.45) is 0. The summed E-state index contributed by atoms with van der Waals surface area (Å²) in [7, 11) is -3.72. The van der Waals surface area contributed by atoms with Crippen LogP contribution >= 0.6 is 0 Å². The van der Waals surface area contributed by atoms with E-state index in [2.05, 4.69) is 0 Å². The zero-order chi connectivity index (χ0) is 21.4. The van der Waals surface area contributed by atoms with Gasteiger partial charge in [-0.25, -0.2) is 4.39 Å². The summed E-state index contributed by atoms with van der Waals surface area (Å²) in [6.45, 7) is 7.61. The summed E-state index contributed by atoms with van der Waals surface area (Å²) in [5.74, 6) is -0.786. The van der Waals surface area contributed by atoms with Crippen LogP contribution in [-0.2, 0) is 15.9 Å². The summed E-state index contributed by atoms with van der Waals surface area (Å²) < 4.78 is 59.5. The molecule has 0 aromatic heterocycles. The van der Waals surface area contributed by atoms with Crippen LogP contribution in [0.4, 0.5) is 4.39 Å². The highest BCUT2D eigenvalue weighted by Gasteiger charge is 2.53. The van der Waals surface area contributed by atoms with Gasteiger partial charge in [-0.3, -0.25) is 0 Å². The molecule has 1 aliphatic heterocycles. The van der Waals surface area contributed by atoms with Gasteiger partial charge in [0.1, 0.15) is 23.9 Å². The van der Waals surface area contributed by atoms with Crippen LogP contribution in [0.1, 0.15) is 37.4 Å². The van der Waals surface area contributed by atoms with Gasteiger partial charge in [-0.1, -0.05) is 30.3 Å². The molecule has 0 saturated carbocycles. The third-order valence-electron chi connectivity index (χ3n) is 4.91. The second-order valence-corrected chi connectivity index (χ2v) is 7.28. The van der Waals surface area contributed by atoms with Gasteiger partial charge in [0.25, 0.3) is 0 Å². The fourth-order valence-electron chi connectivity index (χ4n) is 2.67. The molecule has 0 spiro atoms. The molecule has 138 valence electrons. The molecule has 0 unspecified atom stereocenters. The van der Waals surface area contributed by atoms with Gasteiger partial charge in [-0.2, -0.15) is 0 Å². The molecular formula is C20H24BFO4. The van der Waals surface area contributed by atoms with Crippen LogP contribution in [0.3, 0.4) is 0 Å². The average molecular weight is 361 g/mol. The predicted octanol–water partition coefficient (Wildman–Crippen LogP) is 3.71. The van der Waals surface area contributed by atoms with Gasteiger partial charge >= 0.3 is 7.12 Å². The van der Waals surface area contributed by atoms with E-state index >= 15 is 4.39 Å². The molecule has 3 rings (SSSR count). The topological polar surface area (TPSA) is 36.9 Å². The van der Waals surface area contributed by atoms with Gasteiger partial charge in [-0.15, -0.1) is 0 Å². The van der Waals surface area contributed by atoms with Crippen LogP contribution in [0.25, 0.3) is 0 Å². The molecule has 2 aromatic carbocycles. The Balaban J connectivity index is 1.97. The number of benzene rings is 2. The van der Waals surface area contributed by atoms with E-state index in [0.29, 0.717) is 0 Å². The zero-order valence-electron chi connectivity index (χ0n) is 18.3. The third kappa shape index (κ3) is 3.57. The van der Waals surface area contributed by atoms with Crippen LogP contribution in [0, 0.1) is 5.82 Å². The molecule has 0 radical (unpaired) electrons. The van der Waals surface area contributed by atoms with Crippen molar-refractivity contribution in [3.63, 3.8) is 0 Å². The smallest absolute Gasteiger partial charge is 0.497 e. The van der Waals surface area contributed by atoms with Crippen LogP contribution in [0.2, 0.25) is 0 Å². The van der Waals surface area contributed by atoms with Crippen molar-refractivity contribution in [3.8, 4) is 11.5 Å². The fourth-order valence-corrected chi connectivity index (χ4v) is 2.67. The lowest BCUT2D eigenvalue weighted by atomic mass is 9.77. The van der Waals surface area contributed by atoms with Crippen molar-refractivity contribution in [3.05, 3.63) is 53.8 Å². The van der Waals surface area contributed by atoms with Gasteiger partial charge in [0.15, 0.2) is 0 Å². The molecule has 6 heteroatoms. The average Bonchev–Trinajstić information content (AvgIpc) is 2.79. The van der Waals surface area contributed by atoms with Crippen molar-refractivity contribution in [1.29, 1.82) is 0 Å². The lowest BCUT2D eigenvalue weighted by Gasteiger charge is -2.32. The molecule has 1 heterocycles. The number of ether oxygens (including phenoxy) is 2. The molecule has 26 heavy (non-hydrogen) atoms. The Bertz CT molecular complexity index is 856. The van der Waals surface area contributed by atoms with E-state index in [0.717, 1.165) is 11.6 Å². The van der Waals surface area contributed by atoms with Gasteiger partial charge in [-0.05, 0) is 33.3 Å². The van der Waals surface area contributed by atoms with E-state index in [1.54, 1.807) is 0 Å². The van der Waals surface area contributed by atoms with Crippen LogP contribution in [0.15, 0.2) is 42.5 Å². The summed E-state index contributed by atoms with van der Waals surface area (Å²) in [4.78, 5) is 0. The first kappa shape index (κ1) is 15.1. The standard InChI is InChI=1S/C20H24BFO4/c1-19(2)20(3,4)26-21(25-19)18-16(22)11-15(23-5)12-17(18)24-13-14-9-7-6-8-10-14/h6-12H,13H2,1-5H3/i5D3. The Hall–Kier alpha value is -2.05. The molecular weight excluding hydrogens is 334 g/mol. The van der Waals surface area contributed by atoms with Gasteiger partial charge in [0.2, 0.25) is 0 Å². The first-order valence-electron chi connectivity index (χ1n) is 9.93. The minimum atomic E-state index is -2.71. The Morgan fingerprint density at radius 3 is 2.35 bits per heavy atom. The predicted molar refractivity (Wildman–Crippen MR) is 99.4 cm³/mol.